The van der Waals surface area contributed by atoms with E-state index < -0.39 is 0 Å². The van der Waals surface area contributed by atoms with Crippen molar-refractivity contribution in [2.24, 2.45) is 0 Å². The van der Waals surface area contributed by atoms with Crippen LogP contribution < -0.4 is 10.1 Å². The predicted molar refractivity (Wildman–Crippen MR) is 76.4 cm³/mol. The Bertz CT molecular complexity index is 445. The highest BCUT2D eigenvalue weighted by Gasteiger charge is 2.15. The molecule has 0 amide bonds. The lowest BCUT2D eigenvalue weighted by molar-refractivity contribution is 0.275. The van der Waals surface area contributed by atoms with Gasteiger partial charge in [0.2, 0.25) is 0 Å². The fraction of sp³-hybridized carbons (Fsp3) is 0.500. The third-order valence-corrected chi connectivity index (χ3v) is 3.35. The van der Waals surface area contributed by atoms with E-state index in [0.29, 0.717) is 41.5 Å². The first-order valence-corrected chi connectivity index (χ1v) is 6.92. The van der Waals surface area contributed by atoms with Crippen LogP contribution in [-0.4, -0.2) is 30.8 Å². The molecule has 0 spiro atoms. The summed E-state index contributed by atoms with van der Waals surface area (Å²) in [5.41, 5.74) is 0.681. The van der Waals surface area contributed by atoms with Crippen molar-refractivity contribution < 1.29 is 9.47 Å². The minimum absolute atomic E-state index is 0.379. The molecule has 0 aromatic carbocycles. The van der Waals surface area contributed by atoms with Crippen molar-refractivity contribution >= 4 is 17.4 Å². The highest BCUT2D eigenvalue weighted by molar-refractivity contribution is 6.31. The zero-order valence-electron chi connectivity index (χ0n) is 11.1. The molecule has 19 heavy (non-hydrogen) atoms. The first-order valence-electron chi connectivity index (χ1n) is 6.54. The summed E-state index contributed by atoms with van der Waals surface area (Å²) in [7, 11) is 0. The molecule has 1 atom stereocenters. The molecule has 0 radical (unpaired) electrons. The van der Waals surface area contributed by atoms with Crippen LogP contribution in [0.15, 0.2) is 18.8 Å². The standard InChI is InChI=1S/C14H19ClN2O2/c1-3-18-10(2)13-7-12(8-17-14(13)15)19-9-11-5-4-6-16-11/h7-8,11,16H,2-6,9H2,1H3. The summed E-state index contributed by atoms with van der Waals surface area (Å²) in [6.07, 6.45) is 3.98. The van der Waals surface area contributed by atoms with Crippen molar-refractivity contribution in [3.63, 3.8) is 0 Å². The van der Waals surface area contributed by atoms with Crippen LogP contribution in [0.4, 0.5) is 0 Å². The SMILES string of the molecule is C=C(OCC)c1cc(OCC2CCCN2)cnc1Cl. The van der Waals surface area contributed by atoms with E-state index in [9.17, 15) is 0 Å². The van der Waals surface area contributed by atoms with Gasteiger partial charge in [0.05, 0.1) is 18.4 Å². The molecule has 1 aliphatic heterocycles. The molecule has 1 aromatic heterocycles. The van der Waals surface area contributed by atoms with Gasteiger partial charge in [-0.3, -0.25) is 0 Å². The molecule has 0 bridgehead atoms. The maximum atomic E-state index is 6.03. The second-order valence-electron chi connectivity index (χ2n) is 4.47. The Hall–Kier alpha value is -1.26. The van der Waals surface area contributed by atoms with E-state index in [0.717, 1.165) is 13.0 Å². The third-order valence-electron chi connectivity index (χ3n) is 3.05. The van der Waals surface area contributed by atoms with Crippen LogP contribution in [0.2, 0.25) is 5.15 Å². The summed E-state index contributed by atoms with van der Waals surface area (Å²) in [6, 6.07) is 2.25. The van der Waals surface area contributed by atoms with E-state index in [1.807, 2.05) is 13.0 Å². The maximum absolute atomic E-state index is 6.03. The smallest absolute Gasteiger partial charge is 0.140 e. The Balaban J connectivity index is 2.00. The van der Waals surface area contributed by atoms with Gasteiger partial charge >= 0.3 is 0 Å². The number of hydrogen-bond donors (Lipinski definition) is 1. The highest BCUT2D eigenvalue weighted by Crippen LogP contribution is 2.26. The van der Waals surface area contributed by atoms with Gasteiger partial charge in [0.15, 0.2) is 0 Å². The van der Waals surface area contributed by atoms with Crippen LogP contribution in [-0.2, 0) is 4.74 Å². The molecule has 1 saturated heterocycles. The fourth-order valence-corrected chi connectivity index (χ4v) is 2.26. The minimum Gasteiger partial charge on any atom is -0.494 e. The van der Waals surface area contributed by atoms with Crippen LogP contribution in [0.5, 0.6) is 5.75 Å². The second kappa shape index (κ2) is 6.78. The Kier molecular flexibility index (Phi) is 5.05. The average molecular weight is 283 g/mol. The van der Waals surface area contributed by atoms with Gasteiger partial charge in [-0.05, 0) is 32.4 Å². The topological polar surface area (TPSA) is 43.4 Å². The lowest BCUT2D eigenvalue weighted by atomic mass is 10.2. The number of hydrogen-bond acceptors (Lipinski definition) is 4. The summed E-state index contributed by atoms with van der Waals surface area (Å²) >= 11 is 6.03. The van der Waals surface area contributed by atoms with Gasteiger partial charge in [-0.2, -0.15) is 0 Å². The van der Waals surface area contributed by atoms with Crippen LogP contribution >= 0.6 is 11.6 Å². The molecule has 4 nitrogen and oxygen atoms in total. The fourth-order valence-electron chi connectivity index (χ4n) is 2.05. The van der Waals surface area contributed by atoms with Gasteiger partial charge in [0.1, 0.15) is 23.3 Å². The summed E-state index contributed by atoms with van der Waals surface area (Å²) in [5, 5.41) is 3.76. The van der Waals surface area contributed by atoms with Crippen molar-refractivity contribution in [2.75, 3.05) is 19.8 Å². The minimum atomic E-state index is 0.379. The summed E-state index contributed by atoms with van der Waals surface area (Å²) in [6.45, 7) is 8.00. The summed E-state index contributed by atoms with van der Waals surface area (Å²) < 4.78 is 11.1. The highest BCUT2D eigenvalue weighted by atomic mass is 35.5. The summed E-state index contributed by atoms with van der Waals surface area (Å²) in [4.78, 5) is 4.11. The van der Waals surface area contributed by atoms with Crippen LogP contribution in [0.1, 0.15) is 25.3 Å². The largest absolute Gasteiger partial charge is 0.494 e. The number of aromatic nitrogens is 1. The average Bonchev–Trinajstić information content (AvgIpc) is 2.91. The van der Waals surface area contributed by atoms with E-state index in [1.54, 1.807) is 6.20 Å². The number of ether oxygens (including phenoxy) is 2. The van der Waals surface area contributed by atoms with Gasteiger partial charge < -0.3 is 14.8 Å². The quantitative estimate of drug-likeness (QED) is 0.644. The monoisotopic (exact) mass is 282 g/mol. The second-order valence-corrected chi connectivity index (χ2v) is 4.83. The number of halogens is 1. The molecule has 0 aliphatic carbocycles. The number of rotatable bonds is 6. The van der Waals surface area contributed by atoms with E-state index in [1.165, 1.54) is 6.42 Å². The zero-order valence-corrected chi connectivity index (χ0v) is 11.9. The predicted octanol–water partition coefficient (Wildman–Crippen LogP) is 2.87. The maximum Gasteiger partial charge on any atom is 0.140 e. The van der Waals surface area contributed by atoms with E-state index >= 15 is 0 Å². The van der Waals surface area contributed by atoms with E-state index in [2.05, 4.69) is 16.9 Å². The molecule has 2 heterocycles. The summed E-state index contributed by atoms with van der Waals surface area (Å²) in [5.74, 6) is 1.21. The lowest BCUT2D eigenvalue weighted by Crippen LogP contribution is -2.28. The van der Waals surface area contributed by atoms with E-state index in [-0.39, 0.29) is 0 Å². The van der Waals surface area contributed by atoms with Crippen molar-refractivity contribution in [3.8, 4) is 5.75 Å². The Labute approximate surface area is 118 Å². The number of pyridine rings is 1. The van der Waals surface area contributed by atoms with Crippen molar-refractivity contribution in [2.45, 2.75) is 25.8 Å². The lowest BCUT2D eigenvalue weighted by Gasteiger charge is -2.14. The molecule has 1 aromatic rings. The molecule has 5 heteroatoms. The molecule has 1 N–H and O–H groups in total. The van der Waals surface area contributed by atoms with Gasteiger partial charge in [-0.25, -0.2) is 4.98 Å². The van der Waals surface area contributed by atoms with Gasteiger partial charge in [-0.15, -0.1) is 0 Å². The van der Waals surface area contributed by atoms with Gasteiger partial charge in [0.25, 0.3) is 0 Å². The van der Waals surface area contributed by atoms with Crippen molar-refractivity contribution in [1.82, 2.24) is 10.3 Å². The Morgan fingerprint density at radius 1 is 1.63 bits per heavy atom. The first kappa shape index (κ1) is 14.2. The van der Waals surface area contributed by atoms with Crippen LogP contribution in [0, 0.1) is 0 Å². The molecule has 1 fully saturated rings. The van der Waals surface area contributed by atoms with Crippen molar-refractivity contribution in [3.05, 3.63) is 29.6 Å². The van der Waals surface area contributed by atoms with Crippen LogP contribution in [0.25, 0.3) is 5.76 Å². The Morgan fingerprint density at radius 2 is 2.47 bits per heavy atom. The molecule has 1 aliphatic rings. The molecular weight excluding hydrogens is 264 g/mol. The molecular formula is C14H19ClN2O2. The molecule has 0 saturated carbocycles. The van der Waals surface area contributed by atoms with Gasteiger partial charge in [0, 0.05) is 6.04 Å². The van der Waals surface area contributed by atoms with Crippen LogP contribution in [0.3, 0.4) is 0 Å². The number of nitrogens with one attached hydrogen (secondary N) is 1. The molecule has 1 unspecified atom stereocenters. The van der Waals surface area contributed by atoms with Crippen molar-refractivity contribution in [1.29, 1.82) is 0 Å². The molecule has 104 valence electrons. The molecule has 2 rings (SSSR count). The first-order chi connectivity index (χ1) is 9.20. The number of nitrogens with zero attached hydrogens (tertiary/aromatic N) is 1. The normalized spacial score (nSPS) is 18.3. The third kappa shape index (κ3) is 3.85. The Morgan fingerprint density at radius 3 is 3.16 bits per heavy atom. The van der Waals surface area contributed by atoms with E-state index in [4.69, 9.17) is 21.1 Å². The zero-order chi connectivity index (χ0) is 13.7. The van der Waals surface area contributed by atoms with Gasteiger partial charge in [-0.1, -0.05) is 18.2 Å².